The number of para-hydroxylation sites is 1. The number of allylic oxidation sites excluding steroid dienone is 2. The molecule has 8 aromatic carbocycles. The predicted octanol–water partition coefficient (Wildman–Crippen LogP) is 22.7. The second kappa shape index (κ2) is 43.9. The van der Waals surface area contributed by atoms with E-state index in [4.69, 9.17) is 37.1 Å². The van der Waals surface area contributed by atoms with Crippen molar-refractivity contribution in [2.45, 2.75) is 19.5 Å². The molecular weight excluding hydrogens is 1590 g/mol. The Morgan fingerprint density at radius 1 is 0.459 bits per heavy atom. The Balaban J connectivity index is 0.000000131. The van der Waals surface area contributed by atoms with Gasteiger partial charge in [0, 0.05) is 59.5 Å². The van der Waals surface area contributed by atoms with E-state index >= 15 is 0 Å². The summed E-state index contributed by atoms with van der Waals surface area (Å²) in [6.07, 6.45) is 36.6. The number of carbonyl (C=O) groups excluding carboxylic acids is 2. The number of halogens is 5. The van der Waals surface area contributed by atoms with Gasteiger partial charge < -0.3 is 13.9 Å². The van der Waals surface area contributed by atoms with Gasteiger partial charge in [0.25, 0.3) is 11.8 Å². The zero-order chi connectivity index (χ0) is 85.1. The molecular formula is C95H76Cl2F3N15O7. The molecule has 2 aliphatic rings. The number of benzene rings is 8. The van der Waals surface area contributed by atoms with Crippen LogP contribution in [-0.4, -0.2) is 94.1 Å². The highest BCUT2D eigenvalue weighted by atomic mass is 35.5. The molecule has 1 aliphatic carbocycles. The summed E-state index contributed by atoms with van der Waals surface area (Å²) < 4.78 is 56.3. The largest absolute Gasteiger partial charge is 0.454 e. The lowest BCUT2D eigenvalue weighted by molar-refractivity contribution is -0.402. The van der Waals surface area contributed by atoms with Gasteiger partial charge in [-0.3, -0.25) is 45.2 Å². The number of rotatable bonds is 17. The van der Waals surface area contributed by atoms with Crippen LogP contribution in [0.1, 0.15) is 116 Å². The van der Waals surface area contributed by atoms with Crippen LogP contribution in [0.3, 0.4) is 0 Å². The Kier molecular flexibility index (Phi) is 30.8. The number of nitro groups is 1. The molecule has 27 heteroatoms. The van der Waals surface area contributed by atoms with Crippen LogP contribution in [0.25, 0.3) is 85.1 Å². The quantitative estimate of drug-likeness (QED) is 0.0419. The molecule has 0 fully saturated rings. The number of nitrogens with one attached hydrogen (secondary N) is 5. The van der Waals surface area contributed by atoms with Crippen LogP contribution in [0.2, 0.25) is 10.0 Å². The van der Waals surface area contributed by atoms with Gasteiger partial charge >= 0.3 is 12.1 Å². The number of aryl methyl sites for hydroxylation is 1. The number of alkyl halides is 3. The Morgan fingerprint density at radius 3 is 1.48 bits per heavy atom. The van der Waals surface area contributed by atoms with E-state index in [1.165, 1.54) is 68.2 Å². The third kappa shape index (κ3) is 26.3. The SMILES string of the molecule is C(=C\c1cccc2c1OCO2)/c1ccn[nH]1.C1=C(/C=C/c2ccn[nH]2)Cc2ccccc21.Cc1ccc(/C=C/c2ccn[nH]2)c(Cl)c1.FC(F)(F)c1ccccc1/C=C/c1ccn[nH]1.O=C(c1ccccc1)n1ccc(/C=C/c2ccccc2)n1.O=C(c1ccccc1Cl)n1ccc(/C=C/c2ccccc2)n1.O=[N+]([O-])c1ccc(/C=C/c2ccn[nH]2)o1. The molecule has 608 valence electrons. The molecule has 5 N–H and O–H groups in total. The van der Waals surface area contributed by atoms with Gasteiger partial charge in [-0.05, 0) is 204 Å². The second-order valence-electron chi connectivity index (χ2n) is 26.3. The van der Waals surface area contributed by atoms with Gasteiger partial charge in [0.1, 0.15) is 10.7 Å². The molecule has 1 aliphatic heterocycles. The zero-order valence-corrected chi connectivity index (χ0v) is 66.6. The normalized spacial score (nSPS) is 11.9. The lowest BCUT2D eigenvalue weighted by atomic mass is 10.1. The molecule has 0 bridgehead atoms. The lowest BCUT2D eigenvalue weighted by Gasteiger charge is -2.09. The van der Waals surface area contributed by atoms with Crippen molar-refractivity contribution in [3.05, 3.63) is 437 Å². The number of nitrogens with zero attached hydrogens (tertiary/aromatic N) is 10. The van der Waals surface area contributed by atoms with Crippen molar-refractivity contribution < 1.29 is 41.6 Å². The van der Waals surface area contributed by atoms with E-state index in [9.17, 15) is 32.9 Å². The fraction of sp³-hybridized carbons (Fsp3) is 0.0421. The number of hydrogen-bond donors (Lipinski definition) is 5. The summed E-state index contributed by atoms with van der Waals surface area (Å²) in [5, 5.41) is 53.2. The van der Waals surface area contributed by atoms with Crippen molar-refractivity contribution >= 4 is 126 Å². The van der Waals surface area contributed by atoms with Crippen LogP contribution in [0.5, 0.6) is 11.5 Å². The molecule has 22 nitrogen and oxygen atoms in total. The molecule has 18 rings (SSSR count). The Labute approximate surface area is 708 Å². The molecule has 0 atom stereocenters. The summed E-state index contributed by atoms with van der Waals surface area (Å²) in [4.78, 5) is 34.3. The van der Waals surface area contributed by atoms with E-state index in [2.05, 4.69) is 104 Å². The van der Waals surface area contributed by atoms with Crippen LogP contribution < -0.4 is 9.47 Å². The molecule has 0 saturated carbocycles. The fourth-order valence-corrected chi connectivity index (χ4v) is 12.0. The molecule has 8 aromatic heterocycles. The monoisotopic (exact) mass is 1670 g/mol. The number of ether oxygens (including phenoxy) is 2. The molecule has 9 heterocycles. The van der Waals surface area contributed by atoms with E-state index in [0.717, 1.165) is 79.7 Å². The molecule has 122 heavy (non-hydrogen) atoms. The van der Waals surface area contributed by atoms with Gasteiger partial charge in [-0.25, -0.2) is 9.36 Å². The van der Waals surface area contributed by atoms with Crippen molar-refractivity contribution in [1.82, 2.24) is 70.5 Å². The van der Waals surface area contributed by atoms with Crippen molar-refractivity contribution in [2.75, 3.05) is 6.79 Å². The summed E-state index contributed by atoms with van der Waals surface area (Å²) in [7, 11) is 0. The number of fused-ring (bicyclic) bond motifs is 2. The first-order chi connectivity index (χ1) is 59.5. The van der Waals surface area contributed by atoms with Crippen LogP contribution >= 0.6 is 23.2 Å². The Bertz CT molecular complexity index is 6250. The maximum absolute atomic E-state index is 12.7. The number of H-pyrrole nitrogens is 5. The van der Waals surface area contributed by atoms with Crippen molar-refractivity contribution in [2.24, 2.45) is 0 Å². The van der Waals surface area contributed by atoms with Crippen LogP contribution in [0.4, 0.5) is 19.1 Å². The maximum atomic E-state index is 12.7. The molecule has 0 spiro atoms. The Morgan fingerprint density at radius 2 is 0.951 bits per heavy atom. The smallest absolute Gasteiger partial charge is 0.433 e. The fourth-order valence-electron chi connectivity index (χ4n) is 11.4. The minimum Gasteiger partial charge on any atom is -0.454 e. The van der Waals surface area contributed by atoms with Crippen LogP contribution in [0.15, 0.2) is 314 Å². The van der Waals surface area contributed by atoms with Crippen LogP contribution in [0, 0.1) is 17.0 Å². The first-order valence-corrected chi connectivity index (χ1v) is 38.4. The first kappa shape index (κ1) is 85.5. The average molecular weight is 1670 g/mol. The standard InChI is InChI=1S/C18H13ClN2O.C18H14N2O.C14H12N2.C12H11ClN2.C12H9F3N2.C12H10N2O2.C9H7N3O3/c19-17-9-5-4-8-16(17)18(22)21-13-12-15(20-21)11-10-14-6-2-1-3-7-14;21-18(16-9-5-2-6-10-16)20-14-13-17(19-20)12-11-15-7-3-1-4-8-15;1-2-4-13-10-11(9-12(13)3-1)5-6-14-7-8-15-16-14;1-9-2-3-10(12(13)8-9)4-5-11-6-7-14-15-11;13-12(14,15)11-4-2-1-3-9(11)5-6-10-7-8-16-17-10;1-2-9(4-5-10-6-7-13-14-10)12-11(3-1)15-8-16-12;13-12(14)9-4-3-8(15-9)2-1-7-5-6-10-11-7/h1-13H;1-14H;1-9H,10H2,(H,15,16);2-8H,1H3,(H,14,15);1-8H,(H,16,17);1-7H,8H2,(H,13,14);1-6H,(H,10,11)/b11-10+;12-11+;6-5+;5-4+;6-5+;5-4+;2-1+. The molecule has 0 saturated heterocycles. The summed E-state index contributed by atoms with van der Waals surface area (Å²) in [5.74, 6) is 1.39. The van der Waals surface area contributed by atoms with Gasteiger partial charge in [0.2, 0.25) is 6.79 Å². The van der Waals surface area contributed by atoms with E-state index in [1.54, 1.807) is 116 Å². The van der Waals surface area contributed by atoms with Crippen LogP contribution in [-0.2, 0) is 12.6 Å². The third-order valence-electron chi connectivity index (χ3n) is 17.5. The average Bonchev–Trinajstić information content (AvgIpc) is 1.49. The van der Waals surface area contributed by atoms with E-state index < -0.39 is 16.7 Å². The molecule has 0 unspecified atom stereocenters. The number of aromatic amines is 5. The maximum Gasteiger partial charge on any atom is 0.433 e. The first-order valence-electron chi connectivity index (χ1n) is 37.7. The van der Waals surface area contributed by atoms with Crippen molar-refractivity contribution in [1.29, 1.82) is 0 Å². The summed E-state index contributed by atoms with van der Waals surface area (Å²) >= 11 is 12.1. The highest BCUT2D eigenvalue weighted by Gasteiger charge is 2.32. The minimum atomic E-state index is -4.34. The van der Waals surface area contributed by atoms with Gasteiger partial charge in [0.05, 0.1) is 62.1 Å². The van der Waals surface area contributed by atoms with Gasteiger partial charge in [-0.1, -0.05) is 217 Å². The number of hydrogen-bond acceptors (Lipinski definition) is 14. The number of carbonyl (C=O) groups is 2. The molecule has 0 amide bonds. The summed E-state index contributed by atoms with van der Waals surface area (Å²) in [6.45, 7) is 2.32. The second-order valence-corrected chi connectivity index (χ2v) is 27.1. The Hall–Kier alpha value is -15.9. The predicted molar refractivity (Wildman–Crippen MR) is 474 cm³/mol. The number of aromatic nitrogens is 14. The summed E-state index contributed by atoms with van der Waals surface area (Å²) in [6, 6.07) is 77.4. The van der Waals surface area contributed by atoms with Gasteiger partial charge in [-0.15, -0.1) is 0 Å². The highest BCUT2D eigenvalue weighted by molar-refractivity contribution is 6.34. The lowest BCUT2D eigenvalue weighted by Crippen LogP contribution is -2.13. The molecule has 16 aromatic rings. The van der Waals surface area contributed by atoms with E-state index in [0.29, 0.717) is 40.1 Å². The van der Waals surface area contributed by atoms with Gasteiger partial charge in [0.15, 0.2) is 11.5 Å². The molecule has 0 radical (unpaired) electrons. The zero-order valence-electron chi connectivity index (χ0n) is 65.1. The summed E-state index contributed by atoms with van der Waals surface area (Å²) in [5.41, 5.74) is 15.9. The van der Waals surface area contributed by atoms with E-state index in [1.807, 2.05) is 195 Å². The topological polar surface area (TPSA) is 288 Å². The number of furan rings is 1. The van der Waals surface area contributed by atoms with E-state index in [-0.39, 0.29) is 23.3 Å². The highest BCUT2D eigenvalue weighted by Crippen LogP contribution is 2.37. The van der Waals surface area contributed by atoms with Crippen molar-refractivity contribution in [3.63, 3.8) is 0 Å². The van der Waals surface area contributed by atoms with Crippen molar-refractivity contribution in [3.8, 4) is 11.5 Å². The third-order valence-corrected chi connectivity index (χ3v) is 18.2. The minimum absolute atomic E-state index is 0.130. The van der Waals surface area contributed by atoms with Gasteiger partial charge in [-0.2, -0.15) is 48.9 Å².